The number of hydrogen-bond acceptors (Lipinski definition) is 4. The summed E-state index contributed by atoms with van der Waals surface area (Å²) < 4.78 is 5.23. The van der Waals surface area contributed by atoms with Crippen LogP contribution in [0.4, 0.5) is 4.79 Å². The number of hydrogen-bond donors (Lipinski definition) is 3. The van der Waals surface area contributed by atoms with Crippen molar-refractivity contribution in [3.05, 3.63) is 17.8 Å². The van der Waals surface area contributed by atoms with Crippen molar-refractivity contribution in [3.63, 3.8) is 0 Å². The second kappa shape index (κ2) is 8.28. The molecule has 118 valence electrons. The normalized spacial score (nSPS) is 12.2. The van der Waals surface area contributed by atoms with Crippen LogP contribution in [0, 0.1) is 18.8 Å². The third-order valence-corrected chi connectivity index (χ3v) is 2.89. The average molecular weight is 297 g/mol. The molecule has 0 fully saturated rings. The summed E-state index contributed by atoms with van der Waals surface area (Å²) in [6.45, 7) is 6.37. The molecule has 3 N–H and O–H groups in total. The Bertz CT molecular complexity index is 471. The first-order valence-electron chi connectivity index (χ1n) is 7.01. The van der Waals surface area contributed by atoms with Gasteiger partial charge in [0.05, 0.1) is 12.7 Å². The van der Waals surface area contributed by atoms with Crippen LogP contribution in [0.2, 0.25) is 0 Å². The third kappa shape index (κ3) is 7.34. The maximum absolute atomic E-state index is 11.7. The van der Waals surface area contributed by atoms with Crippen molar-refractivity contribution in [1.29, 1.82) is 0 Å². The van der Waals surface area contributed by atoms with Crippen LogP contribution in [-0.4, -0.2) is 28.6 Å². The van der Waals surface area contributed by atoms with E-state index in [1.807, 2.05) is 13.8 Å². The van der Waals surface area contributed by atoms with Gasteiger partial charge in [-0.25, -0.2) is 9.78 Å². The second-order valence-corrected chi connectivity index (χ2v) is 5.52. The second-order valence-electron chi connectivity index (χ2n) is 5.52. The first-order chi connectivity index (χ1) is 9.86. The van der Waals surface area contributed by atoms with Gasteiger partial charge in [-0.3, -0.25) is 4.79 Å². The largest absolute Gasteiger partial charge is 0.481 e. The highest BCUT2D eigenvalue weighted by atomic mass is 16.4. The highest BCUT2D eigenvalue weighted by Gasteiger charge is 2.16. The van der Waals surface area contributed by atoms with Crippen molar-refractivity contribution in [1.82, 2.24) is 15.6 Å². The lowest BCUT2D eigenvalue weighted by molar-refractivity contribution is -0.138. The number of aryl methyl sites for hydroxylation is 1. The average Bonchev–Trinajstić information content (AvgIpc) is 2.78. The summed E-state index contributed by atoms with van der Waals surface area (Å²) in [7, 11) is 0. The Kier molecular flexibility index (Phi) is 6.71. The SMILES string of the molecule is Cc1cnc(CNC(=O)NCC(CC(=O)O)CC(C)C)o1. The minimum atomic E-state index is -0.849. The number of nitrogens with one attached hydrogen (secondary N) is 2. The summed E-state index contributed by atoms with van der Waals surface area (Å²) in [4.78, 5) is 26.4. The van der Waals surface area contributed by atoms with Gasteiger partial charge in [0.15, 0.2) is 0 Å². The molecular formula is C14H23N3O4. The molecule has 0 aliphatic carbocycles. The van der Waals surface area contributed by atoms with Crippen LogP contribution in [0.25, 0.3) is 0 Å². The molecule has 1 rings (SSSR count). The number of amides is 2. The lowest BCUT2D eigenvalue weighted by atomic mass is 9.94. The van der Waals surface area contributed by atoms with Crippen LogP contribution in [-0.2, 0) is 11.3 Å². The van der Waals surface area contributed by atoms with Crippen LogP contribution in [0.3, 0.4) is 0 Å². The van der Waals surface area contributed by atoms with Gasteiger partial charge >= 0.3 is 12.0 Å². The van der Waals surface area contributed by atoms with E-state index in [2.05, 4.69) is 15.6 Å². The fourth-order valence-corrected chi connectivity index (χ4v) is 2.09. The zero-order valence-electron chi connectivity index (χ0n) is 12.7. The van der Waals surface area contributed by atoms with Crippen LogP contribution in [0.1, 0.15) is 38.3 Å². The molecular weight excluding hydrogens is 274 g/mol. The predicted molar refractivity (Wildman–Crippen MR) is 76.7 cm³/mol. The fraction of sp³-hybridized carbons (Fsp3) is 0.643. The van der Waals surface area contributed by atoms with E-state index in [4.69, 9.17) is 9.52 Å². The summed E-state index contributed by atoms with van der Waals surface area (Å²) >= 11 is 0. The summed E-state index contributed by atoms with van der Waals surface area (Å²) in [5.74, 6) is 0.586. The van der Waals surface area contributed by atoms with Gasteiger partial charge in [0, 0.05) is 13.0 Å². The Morgan fingerprint density at radius 1 is 1.38 bits per heavy atom. The number of carboxylic acid groups (broad SMARTS) is 1. The molecule has 1 aromatic heterocycles. The molecule has 0 bridgehead atoms. The van der Waals surface area contributed by atoms with Gasteiger partial charge in [0.2, 0.25) is 5.89 Å². The predicted octanol–water partition coefficient (Wildman–Crippen LogP) is 1.92. The van der Waals surface area contributed by atoms with E-state index < -0.39 is 5.97 Å². The zero-order valence-corrected chi connectivity index (χ0v) is 12.7. The monoisotopic (exact) mass is 297 g/mol. The van der Waals surface area contributed by atoms with Crippen molar-refractivity contribution >= 4 is 12.0 Å². The van der Waals surface area contributed by atoms with Crippen molar-refractivity contribution in [2.45, 2.75) is 40.2 Å². The number of carboxylic acids is 1. The van der Waals surface area contributed by atoms with Gasteiger partial charge in [-0.15, -0.1) is 0 Å². The molecule has 1 atom stereocenters. The molecule has 0 aliphatic heterocycles. The smallest absolute Gasteiger partial charge is 0.315 e. The molecule has 0 spiro atoms. The number of oxazole rings is 1. The molecule has 0 radical (unpaired) electrons. The van der Waals surface area contributed by atoms with Crippen molar-refractivity contribution in [2.75, 3.05) is 6.54 Å². The molecule has 1 heterocycles. The van der Waals surface area contributed by atoms with E-state index in [0.29, 0.717) is 24.1 Å². The minimum absolute atomic E-state index is 0.0530. The van der Waals surface area contributed by atoms with Crippen LogP contribution in [0.5, 0.6) is 0 Å². The molecule has 7 nitrogen and oxygen atoms in total. The summed E-state index contributed by atoms with van der Waals surface area (Å²) in [5, 5.41) is 14.2. The van der Waals surface area contributed by atoms with Crippen molar-refractivity contribution in [2.24, 2.45) is 11.8 Å². The molecule has 0 aromatic carbocycles. The maximum atomic E-state index is 11.7. The number of aromatic nitrogens is 1. The first-order valence-corrected chi connectivity index (χ1v) is 7.01. The number of nitrogens with zero attached hydrogens (tertiary/aromatic N) is 1. The van der Waals surface area contributed by atoms with E-state index in [0.717, 1.165) is 6.42 Å². The standard InChI is InChI=1S/C14H23N3O4/c1-9(2)4-11(5-13(18)19)7-16-14(20)17-8-12-15-6-10(3)21-12/h6,9,11H,4-5,7-8H2,1-3H3,(H,18,19)(H2,16,17,20). The molecule has 0 saturated heterocycles. The Morgan fingerprint density at radius 2 is 2.10 bits per heavy atom. The van der Waals surface area contributed by atoms with E-state index in [1.54, 1.807) is 13.1 Å². The number of aliphatic carboxylic acids is 1. The van der Waals surface area contributed by atoms with Crippen molar-refractivity contribution < 1.29 is 19.1 Å². The summed E-state index contributed by atoms with van der Waals surface area (Å²) in [5.41, 5.74) is 0. The lowest BCUT2D eigenvalue weighted by Gasteiger charge is -2.17. The topological polar surface area (TPSA) is 104 Å². The van der Waals surface area contributed by atoms with Gasteiger partial charge in [0.25, 0.3) is 0 Å². The summed E-state index contributed by atoms with van der Waals surface area (Å²) in [6.07, 6.45) is 2.39. The molecule has 0 aliphatic rings. The molecule has 1 unspecified atom stereocenters. The van der Waals surface area contributed by atoms with Crippen LogP contribution >= 0.6 is 0 Å². The Hall–Kier alpha value is -2.05. The van der Waals surface area contributed by atoms with E-state index in [9.17, 15) is 9.59 Å². The molecule has 7 heteroatoms. The minimum Gasteiger partial charge on any atom is -0.481 e. The highest BCUT2D eigenvalue weighted by Crippen LogP contribution is 2.14. The van der Waals surface area contributed by atoms with Crippen molar-refractivity contribution in [3.8, 4) is 0 Å². The van der Waals surface area contributed by atoms with Gasteiger partial charge in [-0.05, 0) is 25.2 Å². The van der Waals surface area contributed by atoms with Gasteiger partial charge in [-0.2, -0.15) is 0 Å². The Balaban J connectivity index is 2.33. The van der Waals surface area contributed by atoms with E-state index in [-0.39, 0.29) is 24.9 Å². The fourth-order valence-electron chi connectivity index (χ4n) is 2.09. The summed E-state index contributed by atoms with van der Waals surface area (Å²) in [6, 6.07) is -0.356. The number of urea groups is 1. The van der Waals surface area contributed by atoms with Gasteiger partial charge < -0.3 is 20.2 Å². The zero-order chi connectivity index (χ0) is 15.8. The molecule has 1 aromatic rings. The first kappa shape index (κ1) is 17.0. The molecule has 0 saturated carbocycles. The molecule has 2 amide bonds. The van der Waals surface area contributed by atoms with Gasteiger partial charge in [-0.1, -0.05) is 13.8 Å². The highest BCUT2D eigenvalue weighted by molar-refractivity contribution is 5.73. The molecule has 21 heavy (non-hydrogen) atoms. The number of carbonyl (C=O) groups excluding carboxylic acids is 1. The lowest BCUT2D eigenvalue weighted by Crippen LogP contribution is -2.38. The quantitative estimate of drug-likeness (QED) is 0.680. The number of carbonyl (C=O) groups is 2. The number of rotatable bonds is 8. The third-order valence-electron chi connectivity index (χ3n) is 2.89. The Labute approximate surface area is 124 Å². The Morgan fingerprint density at radius 3 is 2.62 bits per heavy atom. The van der Waals surface area contributed by atoms with Crippen LogP contribution < -0.4 is 10.6 Å². The van der Waals surface area contributed by atoms with Gasteiger partial charge in [0.1, 0.15) is 5.76 Å². The van der Waals surface area contributed by atoms with E-state index >= 15 is 0 Å². The maximum Gasteiger partial charge on any atom is 0.315 e. The van der Waals surface area contributed by atoms with Crippen LogP contribution in [0.15, 0.2) is 10.6 Å². The van der Waals surface area contributed by atoms with E-state index in [1.165, 1.54) is 0 Å².